The van der Waals surface area contributed by atoms with Crippen molar-refractivity contribution in [1.29, 1.82) is 0 Å². The van der Waals surface area contributed by atoms with E-state index in [1.54, 1.807) is 6.07 Å². The average Bonchev–Trinajstić information content (AvgIpc) is 2.04. The van der Waals surface area contributed by atoms with Gasteiger partial charge in [-0.15, -0.1) is 12.4 Å². The fraction of sp³-hybridized carbons (Fsp3) is 0.400. The second-order valence-electron chi connectivity index (χ2n) is 3.31. The van der Waals surface area contributed by atoms with Crippen LogP contribution >= 0.6 is 12.4 Å². The van der Waals surface area contributed by atoms with E-state index in [0.717, 1.165) is 30.4 Å². The van der Waals surface area contributed by atoms with Crippen molar-refractivity contribution in [2.24, 2.45) is 5.73 Å². The fourth-order valence-corrected chi connectivity index (χ4v) is 1.87. The Labute approximate surface area is 83.5 Å². The van der Waals surface area contributed by atoms with E-state index in [1.807, 2.05) is 6.07 Å². The Kier molecular flexibility index (Phi) is 3.28. The van der Waals surface area contributed by atoms with Crippen LogP contribution in [0, 0.1) is 5.82 Å². The molecule has 72 valence electrons. The second-order valence-corrected chi connectivity index (χ2v) is 3.31. The van der Waals surface area contributed by atoms with Gasteiger partial charge >= 0.3 is 0 Å². The third-order valence-electron chi connectivity index (χ3n) is 2.48. The van der Waals surface area contributed by atoms with E-state index in [-0.39, 0.29) is 24.3 Å². The van der Waals surface area contributed by atoms with E-state index in [4.69, 9.17) is 5.73 Å². The summed E-state index contributed by atoms with van der Waals surface area (Å²) in [6.07, 6.45) is 2.96. The summed E-state index contributed by atoms with van der Waals surface area (Å²) in [6.45, 7) is 0. The van der Waals surface area contributed by atoms with Crippen molar-refractivity contribution in [2.45, 2.75) is 25.3 Å². The molecular weight excluding hydrogens is 189 g/mol. The van der Waals surface area contributed by atoms with Crippen LogP contribution in [0.2, 0.25) is 0 Å². The molecule has 1 unspecified atom stereocenters. The Balaban J connectivity index is 0.000000845. The zero-order valence-corrected chi connectivity index (χ0v) is 8.11. The van der Waals surface area contributed by atoms with E-state index in [1.165, 1.54) is 6.07 Å². The largest absolute Gasteiger partial charge is 0.324 e. The highest BCUT2D eigenvalue weighted by Crippen LogP contribution is 2.29. The summed E-state index contributed by atoms with van der Waals surface area (Å²) in [5.74, 6) is -0.139. The first kappa shape index (κ1) is 10.5. The van der Waals surface area contributed by atoms with Crippen LogP contribution in [-0.2, 0) is 6.42 Å². The van der Waals surface area contributed by atoms with Crippen molar-refractivity contribution in [3.63, 3.8) is 0 Å². The van der Waals surface area contributed by atoms with Gasteiger partial charge in [0.15, 0.2) is 0 Å². The lowest BCUT2D eigenvalue weighted by molar-refractivity contribution is 0.518. The van der Waals surface area contributed by atoms with Gasteiger partial charge in [-0.2, -0.15) is 0 Å². The van der Waals surface area contributed by atoms with Crippen LogP contribution in [0.5, 0.6) is 0 Å². The van der Waals surface area contributed by atoms with E-state index in [9.17, 15) is 4.39 Å². The van der Waals surface area contributed by atoms with Crippen LogP contribution in [0.1, 0.15) is 30.0 Å². The highest BCUT2D eigenvalue weighted by Gasteiger charge is 2.19. The van der Waals surface area contributed by atoms with E-state index >= 15 is 0 Å². The summed E-state index contributed by atoms with van der Waals surface area (Å²) in [5, 5.41) is 0. The Morgan fingerprint density at radius 1 is 1.38 bits per heavy atom. The standard InChI is InChI=1S/C10H12FN.ClH/c11-8-5-1-3-7-4-2-6-9(12)10(7)8;/h1,3,5,9H,2,4,6,12H2;1H. The monoisotopic (exact) mass is 201 g/mol. The first-order valence-electron chi connectivity index (χ1n) is 4.32. The summed E-state index contributed by atoms with van der Waals surface area (Å²) in [4.78, 5) is 0. The molecule has 1 atom stereocenters. The number of benzene rings is 1. The predicted molar refractivity (Wildman–Crippen MR) is 53.5 cm³/mol. The molecule has 0 heterocycles. The average molecular weight is 202 g/mol. The number of hydrogen-bond acceptors (Lipinski definition) is 1. The molecule has 1 aromatic carbocycles. The van der Waals surface area contributed by atoms with E-state index < -0.39 is 0 Å². The SMILES string of the molecule is Cl.NC1CCCc2cccc(F)c21. The quantitative estimate of drug-likeness (QED) is 0.686. The Morgan fingerprint density at radius 2 is 2.15 bits per heavy atom. The molecule has 0 saturated carbocycles. The molecule has 1 aromatic rings. The third-order valence-corrected chi connectivity index (χ3v) is 2.48. The summed E-state index contributed by atoms with van der Waals surface area (Å²) in [7, 11) is 0. The van der Waals surface area contributed by atoms with Gasteiger partial charge in [0.2, 0.25) is 0 Å². The Hall–Kier alpha value is -0.600. The van der Waals surface area contributed by atoms with Gasteiger partial charge in [0.25, 0.3) is 0 Å². The fourth-order valence-electron chi connectivity index (χ4n) is 1.87. The molecule has 0 bridgehead atoms. The molecular formula is C10H13ClFN. The van der Waals surface area contributed by atoms with Crippen LogP contribution in [0.4, 0.5) is 4.39 Å². The zero-order valence-electron chi connectivity index (χ0n) is 7.29. The van der Waals surface area contributed by atoms with Gasteiger partial charge in [0, 0.05) is 11.6 Å². The molecule has 0 amide bonds. The summed E-state index contributed by atoms with van der Waals surface area (Å²) < 4.78 is 13.2. The lowest BCUT2D eigenvalue weighted by atomic mass is 9.88. The van der Waals surface area contributed by atoms with Crippen molar-refractivity contribution >= 4 is 12.4 Å². The summed E-state index contributed by atoms with van der Waals surface area (Å²) >= 11 is 0. The molecule has 2 N–H and O–H groups in total. The zero-order chi connectivity index (χ0) is 8.55. The molecule has 0 aromatic heterocycles. The molecule has 1 aliphatic carbocycles. The molecule has 13 heavy (non-hydrogen) atoms. The smallest absolute Gasteiger partial charge is 0.128 e. The molecule has 0 saturated heterocycles. The number of halogens is 2. The maximum Gasteiger partial charge on any atom is 0.128 e. The summed E-state index contributed by atoms with van der Waals surface area (Å²) in [5.41, 5.74) is 7.64. The van der Waals surface area contributed by atoms with Crippen molar-refractivity contribution in [2.75, 3.05) is 0 Å². The number of aryl methyl sites for hydroxylation is 1. The van der Waals surface area contributed by atoms with Crippen molar-refractivity contribution in [1.82, 2.24) is 0 Å². The maximum atomic E-state index is 13.2. The van der Waals surface area contributed by atoms with Gasteiger partial charge in [-0.1, -0.05) is 12.1 Å². The highest BCUT2D eigenvalue weighted by atomic mass is 35.5. The first-order valence-corrected chi connectivity index (χ1v) is 4.32. The first-order chi connectivity index (χ1) is 5.79. The number of hydrogen-bond donors (Lipinski definition) is 1. The van der Waals surface area contributed by atoms with Gasteiger partial charge in [-0.3, -0.25) is 0 Å². The second kappa shape index (κ2) is 4.07. The highest BCUT2D eigenvalue weighted by molar-refractivity contribution is 5.85. The maximum absolute atomic E-state index is 13.2. The molecule has 0 spiro atoms. The Morgan fingerprint density at radius 3 is 2.85 bits per heavy atom. The minimum Gasteiger partial charge on any atom is -0.324 e. The number of fused-ring (bicyclic) bond motifs is 1. The van der Waals surface area contributed by atoms with Crippen LogP contribution in [0.25, 0.3) is 0 Å². The van der Waals surface area contributed by atoms with Crippen LogP contribution in [0.15, 0.2) is 18.2 Å². The minimum atomic E-state index is -0.139. The molecule has 1 aliphatic rings. The predicted octanol–water partition coefficient (Wildman–Crippen LogP) is 2.58. The number of nitrogens with two attached hydrogens (primary N) is 1. The van der Waals surface area contributed by atoms with Gasteiger partial charge in [0.1, 0.15) is 5.82 Å². The molecule has 1 nitrogen and oxygen atoms in total. The summed E-state index contributed by atoms with van der Waals surface area (Å²) in [6, 6.07) is 5.13. The lowest BCUT2D eigenvalue weighted by Crippen LogP contribution is -2.18. The molecule has 0 aliphatic heterocycles. The van der Waals surface area contributed by atoms with Crippen LogP contribution in [-0.4, -0.2) is 0 Å². The van der Waals surface area contributed by atoms with Crippen LogP contribution < -0.4 is 5.73 Å². The van der Waals surface area contributed by atoms with E-state index in [2.05, 4.69) is 0 Å². The van der Waals surface area contributed by atoms with Gasteiger partial charge in [-0.25, -0.2) is 4.39 Å². The van der Waals surface area contributed by atoms with Crippen molar-refractivity contribution < 1.29 is 4.39 Å². The third kappa shape index (κ3) is 1.84. The van der Waals surface area contributed by atoms with Gasteiger partial charge < -0.3 is 5.73 Å². The van der Waals surface area contributed by atoms with E-state index in [0.29, 0.717) is 0 Å². The minimum absolute atomic E-state index is 0. The Bertz CT molecular complexity index is 301. The van der Waals surface area contributed by atoms with Crippen LogP contribution in [0.3, 0.4) is 0 Å². The van der Waals surface area contributed by atoms with Crippen molar-refractivity contribution in [3.8, 4) is 0 Å². The molecule has 0 fully saturated rings. The molecule has 3 heteroatoms. The van der Waals surface area contributed by atoms with Gasteiger partial charge in [0.05, 0.1) is 0 Å². The molecule has 0 radical (unpaired) electrons. The van der Waals surface area contributed by atoms with Gasteiger partial charge in [-0.05, 0) is 30.9 Å². The van der Waals surface area contributed by atoms with Crippen molar-refractivity contribution in [3.05, 3.63) is 35.1 Å². The topological polar surface area (TPSA) is 26.0 Å². The normalized spacial score (nSPS) is 20.3. The molecule has 2 rings (SSSR count). The lowest BCUT2D eigenvalue weighted by Gasteiger charge is -2.22. The number of rotatable bonds is 0.